The Morgan fingerprint density at radius 1 is 1.54 bits per heavy atom. The molecule has 2 aliphatic rings. The van der Waals surface area contributed by atoms with Crippen LogP contribution in [0.25, 0.3) is 0 Å². The molecule has 0 aromatic carbocycles. The summed E-state index contributed by atoms with van der Waals surface area (Å²) in [5.41, 5.74) is 1.26. The van der Waals surface area contributed by atoms with Gasteiger partial charge in [0.05, 0.1) is 12.6 Å². The van der Waals surface area contributed by atoms with Crippen molar-refractivity contribution in [2.45, 2.75) is 32.2 Å². The summed E-state index contributed by atoms with van der Waals surface area (Å²) >= 11 is 0. The van der Waals surface area contributed by atoms with Gasteiger partial charge in [-0.05, 0) is 19.8 Å². The van der Waals surface area contributed by atoms with E-state index < -0.39 is 0 Å². The number of ether oxygens (including phenoxy) is 1. The Hall–Kier alpha value is -0.570. The van der Waals surface area contributed by atoms with Crippen LogP contribution >= 0.6 is 0 Å². The van der Waals surface area contributed by atoms with Gasteiger partial charge in [-0.25, -0.2) is 0 Å². The zero-order valence-electron chi connectivity index (χ0n) is 8.49. The second kappa shape index (κ2) is 3.66. The summed E-state index contributed by atoms with van der Waals surface area (Å²) in [5, 5.41) is 6.56. The first-order chi connectivity index (χ1) is 6.27. The van der Waals surface area contributed by atoms with Crippen molar-refractivity contribution < 1.29 is 4.74 Å². The van der Waals surface area contributed by atoms with Crippen LogP contribution < -0.4 is 0 Å². The molecule has 0 spiro atoms. The van der Waals surface area contributed by atoms with Crippen LogP contribution in [-0.2, 0) is 4.74 Å². The van der Waals surface area contributed by atoms with Crippen molar-refractivity contribution in [2.75, 3.05) is 20.3 Å². The van der Waals surface area contributed by atoms with Gasteiger partial charge in [0.2, 0.25) is 0 Å². The molecule has 1 fully saturated rings. The third kappa shape index (κ3) is 1.85. The van der Waals surface area contributed by atoms with Crippen LogP contribution in [0.2, 0.25) is 0 Å². The molecule has 2 unspecified atom stereocenters. The summed E-state index contributed by atoms with van der Waals surface area (Å²) in [5.74, 6) is 0.694. The van der Waals surface area contributed by atoms with Crippen molar-refractivity contribution in [3.8, 4) is 0 Å². The zero-order chi connectivity index (χ0) is 9.26. The molecule has 0 bridgehead atoms. The van der Waals surface area contributed by atoms with Gasteiger partial charge in [0.15, 0.2) is 0 Å². The van der Waals surface area contributed by atoms with E-state index in [-0.39, 0.29) is 0 Å². The number of hydrogen-bond acceptors (Lipinski definition) is 3. The summed E-state index contributed by atoms with van der Waals surface area (Å²) in [6.45, 7) is 3.99. The predicted molar refractivity (Wildman–Crippen MR) is 52.8 cm³/mol. The van der Waals surface area contributed by atoms with Crippen molar-refractivity contribution in [3.05, 3.63) is 0 Å². The lowest BCUT2D eigenvalue weighted by molar-refractivity contribution is 0.0214. The fourth-order valence-electron chi connectivity index (χ4n) is 2.36. The summed E-state index contributed by atoms with van der Waals surface area (Å²) < 4.78 is 5.50. The maximum atomic E-state index is 5.50. The van der Waals surface area contributed by atoms with Gasteiger partial charge in [-0.1, -0.05) is 0 Å². The molecule has 2 aliphatic heterocycles. The molecule has 0 aromatic heterocycles. The highest BCUT2D eigenvalue weighted by Gasteiger charge is 2.30. The lowest BCUT2D eigenvalue weighted by atomic mass is 9.91. The molecule has 0 radical (unpaired) electrons. The Morgan fingerprint density at radius 3 is 2.92 bits per heavy atom. The first-order valence-electron chi connectivity index (χ1n) is 5.12. The van der Waals surface area contributed by atoms with Crippen LogP contribution in [0.3, 0.4) is 0 Å². The van der Waals surface area contributed by atoms with Crippen LogP contribution in [0.5, 0.6) is 0 Å². The van der Waals surface area contributed by atoms with Crippen molar-refractivity contribution in [1.29, 1.82) is 0 Å². The third-order valence-electron chi connectivity index (χ3n) is 3.05. The quantitative estimate of drug-likeness (QED) is 0.614. The topological polar surface area (TPSA) is 24.8 Å². The standard InChI is InChI=1S/C10H18N2O/c1-8-6-10(12(2)11-8)9-4-3-5-13-7-9/h9-10H,3-7H2,1-2H3. The highest BCUT2D eigenvalue weighted by atomic mass is 16.5. The van der Waals surface area contributed by atoms with Crippen LogP contribution in [0.15, 0.2) is 5.10 Å². The normalized spacial score (nSPS) is 34.9. The molecule has 0 aromatic rings. The van der Waals surface area contributed by atoms with E-state index in [1.54, 1.807) is 0 Å². The molecule has 2 heterocycles. The highest BCUT2D eigenvalue weighted by Crippen LogP contribution is 2.26. The average Bonchev–Trinajstić information content (AvgIpc) is 2.47. The van der Waals surface area contributed by atoms with E-state index in [2.05, 4.69) is 24.1 Å². The SMILES string of the molecule is CC1=NN(C)C(C2CCCOC2)C1. The fourth-order valence-corrected chi connectivity index (χ4v) is 2.36. The van der Waals surface area contributed by atoms with E-state index in [1.165, 1.54) is 18.6 Å². The molecular formula is C10H18N2O. The first-order valence-corrected chi connectivity index (χ1v) is 5.12. The van der Waals surface area contributed by atoms with Gasteiger partial charge in [-0.3, -0.25) is 5.01 Å². The van der Waals surface area contributed by atoms with Crippen LogP contribution in [0.1, 0.15) is 26.2 Å². The van der Waals surface area contributed by atoms with E-state index in [4.69, 9.17) is 4.74 Å². The smallest absolute Gasteiger partial charge is 0.0570 e. The summed E-state index contributed by atoms with van der Waals surface area (Å²) in [6, 6.07) is 0.597. The second-order valence-corrected chi connectivity index (χ2v) is 4.16. The lowest BCUT2D eigenvalue weighted by Gasteiger charge is -2.31. The molecule has 3 nitrogen and oxygen atoms in total. The summed E-state index contributed by atoms with van der Waals surface area (Å²) in [7, 11) is 2.08. The van der Waals surface area contributed by atoms with Gasteiger partial charge >= 0.3 is 0 Å². The van der Waals surface area contributed by atoms with E-state index >= 15 is 0 Å². The Labute approximate surface area is 79.8 Å². The third-order valence-corrected chi connectivity index (χ3v) is 3.05. The Bertz CT molecular complexity index is 209. The molecule has 13 heavy (non-hydrogen) atoms. The molecular weight excluding hydrogens is 164 g/mol. The van der Waals surface area contributed by atoms with Crippen molar-refractivity contribution >= 4 is 5.71 Å². The van der Waals surface area contributed by atoms with Crippen LogP contribution in [0.4, 0.5) is 0 Å². The maximum Gasteiger partial charge on any atom is 0.0570 e. The molecule has 0 N–H and O–H groups in total. The molecule has 2 rings (SSSR count). The highest BCUT2D eigenvalue weighted by molar-refractivity contribution is 5.83. The van der Waals surface area contributed by atoms with E-state index in [0.717, 1.165) is 19.6 Å². The molecule has 3 heteroatoms. The van der Waals surface area contributed by atoms with Gasteiger partial charge < -0.3 is 4.74 Å². The number of hydrogen-bond donors (Lipinski definition) is 0. The predicted octanol–water partition coefficient (Wildman–Crippen LogP) is 1.49. The van der Waals surface area contributed by atoms with Gasteiger partial charge in [0.1, 0.15) is 0 Å². The average molecular weight is 182 g/mol. The van der Waals surface area contributed by atoms with Crippen LogP contribution in [0, 0.1) is 5.92 Å². The van der Waals surface area contributed by atoms with E-state index in [0.29, 0.717) is 12.0 Å². The Morgan fingerprint density at radius 2 is 2.38 bits per heavy atom. The molecule has 2 atom stereocenters. The van der Waals surface area contributed by atoms with Gasteiger partial charge in [-0.2, -0.15) is 5.10 Å². The summed E-state index contributed by atoms with van der Waals surface area (Å²) in [6.07, 6.45) is 3.65. The second-order valence-electron chi connectivity index (χ2n) is 4.16. The van der Waals surface area contributed by atoms with E-state index in [1.807, 2.05) is 0 Å². The first kappa shape index (κ1) is 9.00. The minimum atomic E-state index is 0.597. The van der Waals surface area contributed by atoms with Crippen molar-refractivity contribution in [2.24, 2.45) is 11.0 Å². The number of rotatable bonds is 1. The van der Waals surface area contributed by atoms with Crippen molar-refractivity contribution in [3.63, 3.8) is 0 Å². The van der Waals surface area contributed by atoms with Crippen molar-refractivity contribution in [1.82, 2.24) is 5.01 Å². The number of nitrogens with zero attached hydrogens (tertiary/aromatic N) is 2. The molecule has 0 amide bonds. The van der Waals surface area contributed by atoms with E-state index in [9.17, 15) is 0 Å². The largest absolute Gasteiger partial charge is 0.381 e. The zero-order valence-corrected chi connectivity index (χ0v) is 8.49. The Kier molecular flexibility index (Phi) is 2.54. The lowest BCUT2D eigenvalue weighted by Crippen LogP contribution is -2.36. The van der Waals surface area contributed by atoms with Gasteiger partial charge in [0, 0.05) is 31.7 Å². The minimum absolute atomic E-state index is 0.597. The van der Waals surface area contributed by atoms with Gasteiger partial charge in [0.25, 0.3) is 0 Å². The molecule has 0 aliphatic carbocycles. The minimum Gasteiger partial charge on any atom is -0.381 e. The number of hydrazone groups is 1. The molecule has 74 valence electrons. The Balaban J connectivity index is 1.94. The van der Waals surface area contributed by atoms with Gasteiger partial charge in [-0.15, -0.1) is 0 Å². The summed E-state index contributed by atoms with van der Waals surface area (Å²) in [4.78, 5) is 0. The molecule has 0 saturated carbocycles. The van der Waals surface area contributed by atoms with Crippen LogP contribution in [-0.4, -0.2) is 37.0 Å². The fraction of sp³-hybridized carbons (Fsp3) is 0.900. The maximum absolute atomic E-state index is 5.50. The monoisotopic (exact) mass is 182 g/mol. The molecule has 1 saturated heterocycles.